The number of rotatable bonds is 4. The Labute approximate surface area is 114 Å². The molecule has 0 saturated carbocycles. The van der Waals surface area contributed by atoms with E-state index in [4.69, 9.17) is 5.73 Å². The van der Waals surface area contributed by atoms with Gasteiger partial charge in [-0.05, 0) is 12.1 Å². The maximum atomic E-state index is 11.1. The van der Waals surface area contributed by atoms with Crippen LogP contribution in [0, 0.1) is 0 Å². The zero-order chi connectivity index (χ0) is 13.8. The molecule has 1 aromatic heterocycles. The van der Waals surface area contributed by atoms with E-state index in [2.05, 4.69) is 20.0 Å². The molecular formula is C12H15N5OS. The van der Waals surface area contributed by atoms with E-state index in [-0.39, 0.29) is 5.95 Å². The molecule has 0 radical (unpaired) electrons. The van der Waals surface area contributed by atoms with Crippen LogP contribution in [-0.2, 0) is 11.4 Å². The lowest BCUT2D eigenvalue weighted by Crippen LogP contribution is -2.09. The Morgan fingerprint density at radius 1 is 1.21 bits per heavy atom. The average molecular weight is 277 g/mol. The standard InChI is InChI=1S/C12H15N5OS/c1-14-11-7-10(15-12(13)16-11)8-3-5-9(6-4-8)17-19(2)18/h3-7,17H,1-2H3,(H3,13,14,15,16). The molecule has 1 aromatic carbocycles. The third-order valence-corrected chi connectivity index (χ3v) is 2.96. The van der Waals surface area contributed by atoms with E-state index >= 15 is 0 Å². The molecule has 0 spiro atoms. The highest BCUT2D eigenvalue weighted by atomic mass is 32.2. The van der Waals surface area contributed by atoms with Crippen molar-refractivity contribution in [1.82, 2.24) is 9.97 Å². The number of hydrogen-bond acceptors (Lipinski definition) is 6. The summed E-state index contributed by atoms with van der Waals surface area (Å²) < 4.78 is 13.9. The number of nitrogen functional groups attached to an aromatic ring is 1. The fourth-order valence-electron chi connectivity index (χ4n) is 1.62. The van der Waals surface area contributed by atoms with Crippen LogP contribution in [-0.4, -0.2) is 27.8 Å². The van der Waals surface area contributed by atoms with Gasteiger partial charge in [-0.3, -0.25) is 0 Å². The third kappa shape index (κ3) is 3.49. The molecule has 4 N–H and O–H groups in total. The molecule has 0 fully saturated rings. The van der Waals surface area contributed by atoms with Crippen molar-refractivity contribution in [2.24, 2.45) is 0 Å². The quantitative estimate of drug-likeness (QED) is 0.732. The minimum Gasteiger partial charge on any atom is -0.593 e. The molecule has 19 heavy (non-hydrogen) atoms. The van der Waals surface area contributed by atoms with Crippen molar-refractivity contribution in [3.8, 4) is 11.3 Å². The summed E-state index contributed by atoms with van der Waals surface area (Å²) in [5.74, 6) is 0.887. The summed E-state index contributed by atoms with van der Waals surface area (Å²) in [5, 5.41) is 2.93. The molecule has 1 atom stereocenters. The summed E-state index contributed by atoms with van der Waals surface area (Å²) in [5.41, 5.74) is 8.10. The topological polar surface area (TPSA) is 98.9 Å². The molecule has 7 heteroatoms. The molecule has 1 unspecified atom stereocenters. The number of nitrogens with one attached hydrogen (secondary N) is 2. The van der Waals surface area contributed by atoms with Crippen LogP contribution in [0.5, 0.6) is 0 Å². The van der Waals surface area contributed by atoms with E-state index in [0.29, 0.717) is 5.82 Å². The van der Waals surface area contributed by atoms with E-state index in [0.717, 1.165) is 16.9 Å². The van der Waals surface area contributed by atoms with Crippen molar-refractivity contribution in [2.45, 2.75) is 0 Å². The lowest BCUT2D eigenvalue weighted by atomic mass is 10.1. The van der Waals surface area contributed by atoms with E-state index in [1.807, 2.05) is 30.3 Å². The first-order chi connectivity index (χ1) is 9.08. The minimum absolute atomic E-state index is 0.221. The predicted molar refractivity (Wildman–Crippen MR) is 79.1 cm³/mol. The fourth-order valence-corrected chi connectivity index (χ4v) is 2.08. The molecule has 0 bridgehead atoms. The van der Waals surface area contributed by atoms with Gasteiger partial charge in [0.25, 0.3) is 0 Å². The number of aromatic nitrogens is 2. The molecule has 2 aromatic rings. The first kappa shape index (κ1) is 13.4. The number of benzene rings is 1. The van der Waals surface area contributed by atoms with E-state index in [1.54, 1.807) is 13.3 Å². The monoisotopic (exact) mass is 277 g/mol. The van der Waals surface area contributed by atoms with Crippen LogP contribution in [0.2, 0.25) is 0 Å². The Morgan fingerprint density at radius 3 is 2.47 bits per heavy atom. The van der Waals surface area contributed by atoms with Gasteiger partial charge in [-0.1, -0.05) is 12.1 Å². The van der Waals surface area contributed by atoms with Gasteiger partial charge < -0.3 is 15.6 Å². The van der Waals surface area contributed by atoms with Crippen molar-refractivity contribution in [2.75, 3.05) is 29.1 Å². The second-order valence-corrected chi connectivity index (χ2v) is 4.99. The molecule has 100 valence electrons. The first-order valence-corrected chi connectivity index (χ1v) is 7.17. The van der Waals surface area contributed by atoms with Crippen LogP contribution in [0.15, 0.2) is 30.3 Å². The molecule has 0 aliphatic carbocycles. The highest BCUT2D eigenvalue weighted by Crippen LogP contribution is 2.22. The van der Waals surface area contributed by atoms with Crippen LogP contribution in [0.4, 0.5) is 17.5 Å². The Kier molecular flexibility index (Phi) is 4.08. The molecule has 0 aliphatic heterocycles. The largest absolute Gasteiger partial charge is 0.593 e. The van der Waals surface area contributed by atoms with Crippen molar-refractivity contribution in [3.63, 3.8) is 0 Å². The van der Waals surface area contributed by atoms with Crippen molar-refractivity contribution in [1.29, 1.82) is 0 Å². The van der Waals surface area contributed by atoms with Gasteiger partial charge in [0.15, 0.2) is 0 Å². The maximum absolute atomic E-state index is 11.1. The summed E-state index contributed by atoms with van der Waals surface area (Å²) in [6, 6.07) is 9.27. The van der Waals surface area contributed by atoms with Crippen LogP contribution < -0.4 is 15.8 Å². The molecule has 1 heterocycles. The Hall–Kier alpha value is -1.99. The van der Waals surface area contributed by atoms with Gasteiger partial charge >= 0.3 is 0 Å². The van der Waals surface area contributed by atoms with Crippen LogP contribution in [0.25, 0.3) is 11.3 Å². The predicted octanol–water partition coefficient (Wildman–Crippen LogP) is 1.47. The first-order valence-electron chi connectivity index (χ1n) is 5.61. The third-order valence-electron chi connectivity index (χ3n) is 2.44. The molecule has 0 saturated heterocycles. The number of nitrogens with zero attached hydrogens (tertiary/aromatic N) is 2. The Balaban J connectivity index is 2.29. The van der Waals surface area contributed by atoms with Crippen LogP contribution in [0.1, 0.15) is 0 Å². The van der Waals surface area contributed by atoms with Crippen LogP contribution in [0.3, 0.4) is 0 Å². The number of anilines is 3. The SMILES string of the molecule is CNc1cc(-c2ccc(N[S+](C)[O-])cc2)nc(N)n1. The van der Waals surface area contributed by atoms with Gasteiger partial charge in [0.2, 0.25) is 5.95 Å². The zero-order valence-corrected chi connectivity index (χ0v) is 11.5. The number of nitrogens with two attached hydrogens (primary N) is 1. The van der Waals surface area contributed by atoms with Gasteiger partial charge in [0.1, 0.15) is 12.1 Å². The Morgan fingerprint density at radius 2 is 1.89 bits per heavy atom. The van der Waals surface area contributed by atoms with Crippen molar-refractivity contribution < 1.29 is 4.55 Å². The summed E-state index contributed by atoms with van der Waals surface area (Å²) in [6.07, 6.45) is 1.58. The fraction of sp³-hybridized carbons (Fsp3) is 0.167. The van der Waals surface area contributed by atoms with Crippen molar-refractivity contribution >= 4 is 28.8 Å². The maximum Gasteiger partial charge on any atom is 0.222 e. The molecule has 0 amide bonds. The zero-order valence-electron chi connectivity index (χ0n) is 10.7. The molecule has 0 aliphatic rings. The number of hydrogen-bond donors (Lipinski definition) is 3. The highest BCUT2D eigenvalue weighted by Gasteiger charge is 2.05. The van der Waals surface area contributed by atoms with Gasteiger partial charge in [-0.2, -0.15) is 4.98 Å². The minimum atomic E-state index is -1.08. The molecule has 6 nitrogen and oxygen atoms in total. The van der Waals surface area contributed by atoms with Gasteiger partial charge in [-0.25, -0.2) is 9.71 Å². The van der Waals surface area contributed by atoms with E-state index < -0.39 is 11.4 Å². The molecular weight excluding hydrogens is 262 g/mol. The highest BCUT2D eigenvalue weighted by molar-refractivity contribution is 7.92. The summed E-state index contributed by atoms with van der Waals surface area (Å²) in [4.78, 5) is 8.23. The lowest BCUT2D eigenvalue weighted by molar-refractivity contribution is 0.605. The lowest BCUT2D eigenvalue weighted by Gasteiger charge is -2.08. The second kappa shape index (κ2) is 5.77. The second-order valence-electron chi connectivity index (χ2n) is 3.88. The Bertz CT molecular complexity index is 559. The van der Waals surface area contributed by atoms with Crippen molar-refractivity contribution in [3.05, 3.63) is 30.3 Å². The average Bonchev–Trinajstić information content (AvgIpc) is 2.38. The van der Waals surface area contributed by atoms with Gasteiger partial charge in [0.05, 0.1) is 22.7 Å². The van der Waals surface area contributed by atoms with Gasteiger partial charge in [0, 0.05) is 18.7 Å². The van der Waals surface area contributed by atoms with E-state index in [1.165, 1.54) is 0 Å². The summed E-state index contributed by atoms with van der Waals surface area (Å²) in [7, 11) is 1.77. The normalized spacial score (nSPS) is 11.9. The van der Waals surface area contributed by atoms with Crippen LogP contribution >= 0.6 is 0 Å². The summed E-state index contributed by atoms with van der Waals surface area (Å²) in [6.45, 7) is 0. The molecule has 2 rings (SSSR count). The van der Waals surface area contributed by atoms with E-state index in [9.17, 15) is 4.55 Å². The van der Waals surface area contributed by atoms with Gasteiger partial charge in [-0.15, -0.1) is 0 Å². The summed E-state index contributed by atoms with van der Waals surface area (Å²) >= 11 is -1.08. The smallest absolute Gasteiger partial charge is 0.222 e.